The highest BCUT2D eigenvalue weighted by Gasteiger charge is 2.31. The van der Waals surface area contributed by atoms with Crippen molar-refractivity contribution in [3.05, 3.63) is 82.1 Å². The Morgan fingerprint density at radius 1 is 1.10 bits per heavy atom. The van der Waals surface area contributed by atoms with Crippen LogP contribution in [0.4, 0.5) is 5.69 Å². The molecule has 0 aliphatic heterocycles. The van der Waals surface area contributed by atoms with Crippen LogP contribution in [0.1, 0.15) is 73.0 Å². The highest BCUT2D eigenvalue weighted by atomic mass is 16.2. The van der Waals surface area contributed by atoms with E-state index < -0.39 is 0 Å². The smallest absolute Gasteiger partial charge is 0.251 e. The average Bonchev–Trinajstić information content (AvgIpc) is 3.19. The highest BCUT2D eigenvalue weighted by Crippen LogP contribution is 2.34. The summed E-state index contributed by atoms with van der Waals surface area (Å²) in [7, 11) is 0. The van der Waals surface area contributed by atoms with E-state index in [4.69, 9.17) is 16.9 Å². The molecule has 0 spiro atoms. The van der Waals surface area contributed by atoms with Gasteiger partial charge in [-0.3, -0.25) is 19.8 Å². The lowest BCUT2D eigenvalue weighted by molar-refractivity contribution is -0.122. The monoisotopic (exact) mass is 528 g/mol. The van der Waals surface area contributed by atoms with Crippen LogP contribution in [0.2, 0.25) is 0 Å². The Morgan fingerprint density at radius 2 is 1.82 bits per heavy atom. The second kappa shape index (κ2) is 12.0. The number of hydrogen-bond acceptors (Lipinski definition) is 6. The Hall–Kier alpha value is -4.40. The summed E-state index contributed by atoms with van der Waals surface area (Å²) in [5.74, 6) is -0.783. The molecule has 0 aromatic heterocycles. The van der Waals surface area contributed by atoms with Gasteiger partial charge in [-0.1, -0.05) is 31.2 Å². The molecule has 39 heavy (non-hydrogen) atoms. The van der Waals surface area contributed by atoms with Gasteiger partial charge >= 0.3 is 0 Å². The van der Waals surface area contributed by atoms with Crippen molar-refractivity contribution in [1.29, 1.82) is 5.41 Å². The van der Waals surface area contributed by atoms with Gasteiger partial charge in [0.1, 0.15) is 5.84 Å². The van der Waals surface area contributed by atoms with Crippen molar-refractivity contribution >= 4 is 34.7 Å². The normalized spacial score (nSPS) is 15.8. The van der Waals surface area contributed by atoms with Crippen LogP contribution in [0.3, 0.4) is 0 Å². The minimum atomic E-state index is -0.302. The summed E-state index contributed by atoms with van der Waals surface area (Å²) in [6.07, 6.45) is 5.56. The third-order valence-corrected chi connectivity index (χ3v) is 7.21. The number of amidine groups is 1. The van der Waals surface area contributed by atoms with E-state index in [-0.39, 0.29) is 48.5 Å². The number of Topliss-reactive ketones (excluding diaryl/α,β-unsaturated/α-hetero) is 1. The average molecular weight is 529 g/mol. The lowest BCUT2D eigenvalue weighted by Gasteiger charge is -2.27. The van der Waals surface area contributed by atoms with Crippen molar-refractivity contribution in [1.82, 2.24) is 16.0 Å². The number of rotatable bonds is 11. The van der Waals surface area contributed by atoms with E-state index in [1.54, 1.807) is 48.5 Å². The predicted octanol–water partition coefficient (Wildman–Crippen LogP) is 3.15. The van der Waals surface area contributed by atoms with Gasteiger partial charge in [-0.05, 0) is 73.6 Å². The predicted molar refractivity (Wildman–Crippen MR) is 153 cm³/mol. The molecule has 0 bridgehead atoms. The second-order valence-electron chi connectivity index (χ2n) is 10.2. The third kappa shape index (κ3) is 6.73. The van der Waals surface area contributed by atoms with Crippen molar-refractivity contribution in [2.45, 2.75) is 64.6 Å². The standard InChI is InChI=1S/C30H36N6O3/c1-3-17(2)35-30(39)21-11-20(12-22(31)13-21)24-14-26(36-23-5-4-6-23)28(38)25(24)15-27(37)34-16-18-7-9-19(10-8-18)29(32)33/h7-14,17,23H,3-6,15-16,31H2,1-2H3,(H3,32,33)(H,34,37)(H,35,39)(H,36,38). The lowest BCUT2D eigenvalue weighted by atomic mass is 9.92. The number of carbonyl (C=O) groups is 3. The van der Waals surface area contributed by atoms with E-state index in [0.717, 1.165) is 31.2 Å². The van der Waals surface area contributed by atoms with E-state index in [2.05, 4.69) is 16.0 Å². The van der Waals surface area contributed by atoms with Crippen molar-refractivity contribution in [2.24, 2.45) is 5.73 Å². The number of allylic oxidation sites excluding steroid dienone is 3. The molecule has 0 saturated heterocycles. The molecule has 1 saturated carbocycles. The van der Waals surface area contributed by atoms with Gasteiger partial charge in [0.05, 0.1) is 12.1 Å². The van der Waals surface area contributed by atoms with Gasteiger partial charge < -0.3 is 27.4 Å². The van der Waals surface area contributed by atoms with Crippen LogP contribution in [-0.2, 0) is 16.1 Å². The zero-order chi connectivity index (χ0) is 28.1. The van der Waals surface area contributed by atoms with Crippen LogP contribution in [0, 0.1) is 5.41 Å². The number of anilines is 1. The molecule has 2 aromatic carbocycles. The first kappa shape index (κ1) is 27.6. The molecule has 2 amide bonds. The number of benzene rings is 2. The molecule has 1 fully saturated rings. The van der Waals surface area contributed by atoms with E-state index in [1.807, 2.05) is 13.8 Å². The molecule has 0 heterocycles. The van der Waals surface area contributed by atoms with Gasteiger partial charge in [0.2, 0.25) is 11.7 Å². The van der Waals surface area contributed by atoms with Crippen LogP contribution in [0.15, 0.2) is 59.8 Å². The minimum Gasteiger partial charge on any atom is -0.399 e. The molecule has 8 N–H and O–H groups in total. The zero-order valence-corrected chi connectivity index (χ0v) is 22.4. The summed E-state index contributed by atoms with van der Waals surface area (Å²) in [5, 5.41) is 16.6. The highest BCUT2D eigenvalue weighted by molar-refractivity contribution is 6.21. The molecule has 2 aromatic rings. The fraction of sp³-hybridized carbons (Fsp3) is 0.333. The molecule has 2 aliphatic rings. The maximum absolute atomic E-state index is 13.5. The number of hydrogen-bond donors (Lipinski definition) is 6. The topological polar surface area (TPSA) is 163 Å². The molecular weight excluding hydrogens is 492 g/mol. The fourth-order valence-electron chi connectivity index (χ4n) is 4.47. The maximum atomic E-state index is 13.5. The summed E-state index contributed by atoms with van der Waals surface area (Å²) < 4.78 is 0. The Morgan fingerprint density at radius 3 is 2.44 bits per heavy atom. The first-order valence-electron chi connectivity index (χ1n) is 13.3. The minimum absolute atomic E-state index is 0.00532. The van der Waals surface area contributed by atoms with Crippen molar-refractivity contribution in [3.63, 3.8) is 0 Å². The zero-order valence-electron chi connectivity index (χ0n) is 22.4. The van der Waals surface area contributed by atoms with Gasteiger partial charge in [-0.15, -0.1) is 0 Å². The van der Waals surface area contributed by atoms with Gasteiger partial charge in [-0.25, -0.2) is 0 Å². The van der Waals surface area contributed by atoms with Crippen LogP contribution >= 0.6 is 0 Å². The van der Waals surface area contributed by atoms with Crippen LogP contribution < -0.4 is 27.4 Å². The summed E-state index contributed by atoms with van der Waals surface area (Å²) in [4.78, 5) is 39.3. The Kier molecular flexibility index (Phi) is 8.49. The van der Waals surface area contributed by atoms with E-state index in [0.29, 0.717) is 39.2 Å². The summed E-state index contributed by atoms with van der Waals surface area (Å²) >= 11 is 0. The van der Waals surface area contributed by atoms with Crippen molar-refractivity contribution in [3.8, 4) is 0 Å². The number of nitrogens with one attached hydrogen (secondary N) is 4. The molecular formula is C30H36N6O3. The van der Waals surface area contributed by atoms with Crippen LogP contribution in [-0.4, -0.2) is 35.5 Å². The largest absolute Gasteiger partial charge is 0.399 e. The van der Waals surface area contributed by atoms with Gasteiger partial charge in [0.15, 0.2) is 0 Å². The van der Waals surface area contributed by atoms with Gasteiger partial charge in [-0.2, -0.15) is 0 Å². The van der Waals surface area contributed by atoms with Crippen molar-refractivity contribution < 1.29 is 14.4 Å². The van der Waals surface area contributed by atoms with Gasteiger partial charge in [0, 0.05) is 41.0 Å². The number of nitrogen functional groups attached to an aromatic ring is 2. The number of carbonyl (C=O) groups excluding carboxylic acids is 3. The number of amides is 2. The Bertz CT molecular complexity index is 1360. The Labute approximate surface area is 228 Å². The summed E-state index contributed by atoms with van der Waals surface area (Å²) in [6, 6.07) is 12.3. The van der Waals surface area contributed by atoms with Crippen LogP contribution in [0.5, 0.6) is 0 Å². The molecule has 1 atom stereocenters. The molecule has 204 valence electrons. The molecule has 0 radical (unpaired) electrons. The maximum Gasteiger partial charge on any atom is 0.251 e. The van der Waals surface area contributed by atoms with Gasteiger partial charge in [0.25, 0.3) is 5.91 Å². The van der Waals surface area contributed by atoms with E-state index in [9.17, 15) is 14.4 Å². The third-order valence-electron chi connectivity index (χ3n) is 7.21. The number of ketones is 1. The molecule has 4 rings (SSSR count). The van der Waals surface area contributed by atoms with Crippen LogP contribution in [0.25, 0.3) is 5.57 Å². The SMILES string of the molecule is CCC(C)NC(=O)c1cc(N)cc(C2=C(CC(=O)NCc3ccc(C(=N)N)cc3)C(=O)C(NC3CCC3)=C2)c1. The molecule has 1 unspecified atom stereocenters. The molecule has 2 aliphatic carbocycles. The molecule has 9 nitrogen and oxygen atoms in total. The first-order valence-corrected chi connectivity index (χ1v) is 13.3. The van der Waals surface area contributed by atoms with E-state index >= 15 is 0 Å². The lowest BCUT2D eigenvalue weighted by Crippen LogP contribution is -2.36. The Balaban J connectivity index is 1.57. The first-order chi connectivity index (χ1) is 18.6. The second-order valence-corrected chi connectivity index (χ2v) is 10.2. The summed E-state index contributed by atoms with van der Waals surface area (Å²) in [6.45, 7) is 4.19. The molecule has 9 heteroatoms. The summed E-state index contributed by atoms with van der Waals surface area (Å²) in [5.41, 5.74) is 16.0. The fourth-order valence-corrected chi connectivity index (χ4v) is 4.47. The number of nitrogens with two attached hydrogens (primary N) is 2. The quantitative estimate of drug-likeness (QED) is 0.149. The van der Waals surface area contributed by atoms with Crippen molar-refractivity contribution in [2.75, 3.05) is 5.73 Å². The van der Waals surface area contributed by atoms with E-state index in [1.165, 1.54) is 0 Å².